The van der Waals surface area contributed by atoms with Crippen LogP contribution >= 0.6 is 0 Å². The lowest BCUT2D eigenvalue weighted by atomic mass is 10.0. The van der Waals surface area contributed by atoms with Crippen LogP contribution in [0.4, 0.5) is 10.1 Å². The minimum atomic E-state index is -0.872. The minimum Gasteiger partial charge on any atom is -0.465 e. The van der Waals surface area contributed by atoms with Gasteiger partial charge in [-0.15, -0.1) is 0 Å². The van der Waals surface area contributed by atoms with Gasteiger partial charge in [0.2, 0.25) is 0 Å². The molecule has 0 fully saturated rings. The second-order valence-corrected chi connectivity index (χ2v) is 5.05. The summed E-state index contributed by atoms with van der Waals surface area (Å²) < 4.78 is 19.1. The van der Waals surface area contributed by atoms with E-state index >= 15 is 0 Å². The first-order valence-corrected chi connectivity index (χ1v) is 7.40. The first-order valence-electron chi connectivity index (χ1n) is 7.40. The fourth-order valence-corrected chi connectivity index (χ4v) is 2.33. The van der Waals surface area contributed by atoms with Crippen molar-refractivity contribution >= 4 is 11.7 Å². The molecule has 0 bridgehead atoms. The van der Waals surface area contributed by atoms with Gasteiger partial charge in [-0.05, 0) is 39.4 Å². The molecule has 0 heterocycles. The van der Waals surface area contributed by atoms with Gasteiger partial charge in [-0.2, -0.15) is 0 Å². The third-order valence-electron chi connectivity index (χ3n) is 3.37. The van der Waals surface area contributed by atoms with E-state index in [1.54, 1.807) is 32.0 Å². The molecule has 0 amide bonds. The number of carbonyl (C=O) groups excluding carboxylic acids is 1. The van der Waals surface area contributed by atoms with Crippen LogP contribution in [0.2, 0.25) is 0 Å². The summed E-state index contributed by atoms with van der Waals surface area (Å²) in [5.41, 5.74) is -0.378. The second kappa shape index (κ2) is 7.98. The number of esters is 1. The highest BCUT2D eigenvalue weighted by Crippen LogP contribution is 2.21. The van der Waals surface area contributed by atoms with Gasteiger partial charge >= 0.3 is 5.97 Å². The molecule has 0 saturated heterocycles. The summed E-state index contributed by atoms with van der Waals surface area (Å²) in [6.07, 6.45) is 0. The van der Waals surface area contributed by atoms with Gasteiger partial charge in [-0.3, -0.25) is 0 Å². The summed E-state index contributed by atoms with van der Waals surface area (Å²) in [5, 5.41) is 3.16. The molecule has 1 aromatic rings. The van der Waals surface area contributed by atoms with Gasteiger partial charge in [-0.25, -0.2) is 9.18 Å². The van der Waals surface area contributed by atoms with Crippen LogP contribution in [0.3, 0.4) is 0 Å². The molecule has 1 unspecified atom stereocenters. The Labute approximate surface area is 126 Å². The van der Waals surface area contributed by atoms with Crippen molar-refractivity contribution in [3.05, 3.63) is 30.1 Å². The van der Waals surface area contributed by atoms with E-state index in [-0.39, 0.29) is 11.8 Å². The Morgan fingerprint density at radius 3 is 2.52 bits per heavy atom. The average molecular weight is 296 g/mol. The molecule has 0 saturated carbocycles. The molecule has 0 aliphatic heterocycles. The van der Waals surface area contributed by atoms with Gasteiger partial charge in [0, 0.05) is 13.1 Å². The topological polar surface area (TPSA) is 41.6 Å². The van der Waals surface area contributed by atoms with E-state index in [2.05, 4.69) is 5.32 Å². The van der Waals surface area contributed by atoms with Gasteiger partial charge in [0.05, 0.1) is 12.3 Å². The molecule has 4 nitrogen and oxygen atoms in total. The average Bonchev–Trinajstić information content (AvgIpc) is 2.46. The van der Waals surface area contributed by atoms with E-state index in [1.807, 2.05) is 18.7 Å². The summed E-state index contributed by atoms with van der Waals surface area (Å²) >= 11 is 0. The van der Waals surface area contributed by atoms with Crippen LogP contribution in [0.15, 0.2) is 24.3 Å². The fraction of sp³-hybridized carbons (Fsp3) is 0.562. The molecule has 1 atom stereocenters. The summed E-state index contributed by atoms with van der Waals surface area (Å²) in [5.74, 6) is -0.608. The second-order valence-electron chi connectivity index (χ2n) is 5.05. The van der Waals surface area contributed by atoms with E-state index in [4.69, 9.17) is 4.74 Å². The van der Waals surface area contributed by atoms with Crippen LogP contribution in [0.25, 0.3) is 0 Å². The number of halogens is 1. The third kappa shape index (κ3) is 4.43. The Hall–Kier alpha value is -1.62. The highest BCUT2D eigenvalue weighted by molar-refractivity contribution is 5.81. The lowest BCUT2D eigenvalue weighted by molar-refractivity contribution is -0.150. The molecule has 1 rings (SSSR count). The number of benzene rings is 1. The number of hydrogen-bond donors (Lipinski definition) is 1. The zero-order chi connectivity index (χ0) is 15.9. The maximum absolute atomic E-state index is 14.0. The number of anilines is 1. The number of nitrogens with zero attached hydrogens (tertiary/aromatic N) is 1. The molecular weight excluding hydrogens is 271 g/mol. The Bertz CT molecular complexity index is 467. The van der Waals surface area contributed by atoms with Crippen molar-refractivity contribution in [1.82, 2.24) is 5.32 Å². The lowest BCUT2D eigenvalue weighted by Gasteiger charge is -2.35. The van der Waals surface area contributed by atoms with Gasteiger partial charge < -0.3 is 15.0 Å². The van der Waals surface area contributed by atoms with Crippen molar-refractivity contribution < 1.29 is 13.9 Å². The van der Waals surface area contributed by atoms with Gasteiger partial charge in [0.15, 0.2) is 0 Å². The quantitative estimate of drug-likeness (QED) is 0.749. The zero-order valence-electron chi connectivity index (χ0n) is 13.3. The predicted molar refractivity (Wildman–Crippen MR) is 83.0 cm³/mol. The third-order valence-corrected chi connectivity index (χ3v) is 3.37. The standard InChI is InChI=1S/C16H25FN2O2/c1-5-18-16(4,15(20)21-7-3)12-19(6-2)14-11-9-8-10-13(14)17/h8-11,18H,5-7,12H2,1-4H3. The first kappa shape index (κ1) is 17.4. The van der Waals surface area contributed by atoms with E-state index in [1.165, 1.54) is 6.07 Å². The number of likely N-dealkylation sites (N-methyl/N-ethyl adjacent to an activating group) is 2. The SMILES string of the molecule is CCNC(C)(CN(CC)c1ccccc1F)C(=O)OCC. The molecule has 21 heavy (non-hydrogen) atoms. The van der Waals surface area contributed by atoms with Crippen LogP contribution in [-0.2, 0) is 9.53 Å². The van der Waals surface area contributed by atoms with Crippen molar-refractivity contribution in [1.29, 1.82) is 0 Å². The Morgan fingerprint density at radius 1 is 1.33 bits per heavy atom. The molecule has 5 heteroatoms. The van der Waals surface area contributed by atoms with Gasteiger partial charge in [-0.1, -0.05) is 19.1 Å². The maximum atomic E-state index is 14.0. The molecule has 0 aliphatic rings. The van der Waals surface area contributed by atoms with Crippen molar-refractivity contribution in [2.45, 2.75) is 33.2 Å². The summed E-state index contributed by atoms with van der Waals surface area (Å²) in [7, 11) is 0. The molecule has 1 N–H and O–H groups in total. The lowest BCUT2D eigenvalue weighted by Crippen LogP contribution is -2.57. The number of carbonyl (C=O) groups is 1. The van der Waals surface area contributed by atoms with Crippen LogP contribution in [0.1, 0.15) is 27.7 Å². The van der Waals surface area contributed by atoms with Crippen molar-refractivity contribution in [3.8, 4) is 0 Å². The number of nitrogens with one attached hydrogen (secondary N) is 1. The van der Waals surface area contributed by atoms with Gasteiger partial charge in [0.1, 0.15) is 11.4 Å². The Kier molecular flexibility index (Phi) is 6.62. The Balaban J connectivity index is 3.00. The molecule has 118 valence electrons. The predicted octanol–water partition coefficient (Wildman–Crippen LogP) is 2.58. The van der Waals surface area contributed by atoms with Crippen LogP contribution < -0.4 is 10.2 Å². The largest absolute Gasteiger partial charge is 0.465 e. The highest BCUT2D eigenvalue weighted by atomic mass is 19.1. The summed E-state index contributed by atoms with van der Waals surface area (Å²) in [6.45, 7) is 9.33. The van der Waals surface area contributed by atoms with E-state index in [0.717, 1.165) is 0 Å². The van der Waals surface area contributed by atoms with Crippen molar-refractivity contribution in [2.24, 2.45) is 0 Å². The van der Waals surface area contributed by atoms with Crippen LogP contribution in [0, 0.1) is 5.82 Å². The first-order chi connectivity index (χ1) is 9.98. The van der Waals surface area contributed by atoms with E-state index < -0.39 is 5.54 Å². The van der Waals surface area contributed by atoms with E-state index in [9.17, 15) is 9.18 Å². The number of hydrogen-bond acceptors (Lipinski definition) is 4. The molecule has 0 aromatic heterocycles. The van der Waals surface area contributed by atoms with Crippen LogP contribution in [-0.4, -0.2) is 37.7 Å². The molecule has 1 aromatic carbocycles. The molecule has 0 spiro atoms. The Morgan fingerprint density at radius 2 is 2.00 bits per heavy atom. The molecular formula is C16H25FN2O2. The monoisotopic (exact) mass is 296 g/mol. The zero-order valence-corrected chi connectivity index (χ0v) is 13.3. The van der Waals surface area contributed by atoms with Crippen LogP contribution in [0.5, 0.6) is 0 Å². The number of para-hydroxylation sites is 1. The van der Waals surface area contributed by atoms with Crippen molar-refractivity contribution in [3.63, 3.8) is 0 Å². The van der Waals surface area contributed by atoms with E-state index in [0.29, 0.717) is 31.9 Å². The fourth-order valence-electron chi connectivity index (χ4n) is 2.33. The summed E-state index contributed by atoms with van der Waals surface area (Å²) in [4.78, 5) is 14.1. The normalized spacial score (nSPS) is 13.6. The smallest absolute Gasteiger partial charge is 0.327 e. The number of ether oxygens (including phenoxy) is 1. The minimum absolute atomic E-state index is 0.290. The highest BCUT2D eigenvalue weighted by Gasteiger charge is 2.36. The maximum Gasteiger partial charge on any atom is 0.327 e. The summed E-state index contributed by atoms with van der Waals surface area (Å²) in [6, 6.07) is 6.58. The number of rotatable bonds is 8. The van der Waals surface area contributed by atoms with Crippen molar-refractivity contribution in [2.75, 3.05) is 31.1 Å². The molecule has 0 radical (unpaired) electrons. The molecule has 0 aliphatic carbocycles. The van der Waals surface area contributed by atoms with Gasteiger partial charge in [0.25, 0.3) is 0 Å².